The molecule has 0 fully saturated rings. The molecule has 2 rings (SSSR count). The smallest absolute Gasteiger partial charge is 0.139 e. The van der Waals surface area contributed by atoms with Gasteiger partial charge in [-0.15, -0.1) is 0 Å². The van der Waals surface area contributed by atoms with Crippen molar-refractivity contribution < 1.29 is 5.11 Å². The predicted octanol–water partition coefficient (Wildman–Crippen LogP) is 2.81. The lowest BCUT2D eigenvalue weighted by Gasteiger charge is -2.17. The number of aromatic nitrogens is 4. The molecule has 2 heterocycles. The van der Waals surface area contributed by atoms with Gasteiger partial charge in [0.15, 0.2) is 0 Å². The second-order valence-electron chi connectivity index (χ2n) is 4.83. The van der Waals surface area contributed by atoms with Gasteiger partial charge in [-0.3, -0.25) is 4.68 Å². The number of hydrogen-bond acceptors (Lipinski definition) is 3. The summed E-state index contributed by atoms with van der Waals surface area (Å²) in [4.78, 5) is 4.11. The molecule has 0 aliphatic carbocycles. The van der Waals surface area contributed by atoms with Gasteiger partial charge in [0, 0.05) is 12.6 Å². The Morgan fingerprint density at radius 2 is 2.11 bits per heavy atom. The highest BCUT2D eigenvalue weighted by Crippen LogP contribution is 2.30. The highest BCUT2D eigenvalue weighted by atomic mass is 35.5. The molecule has 1 unspecified atom stereocenters. The molecule has 0 amide bonds. The molecule has 2 aromatic rings. The van der Waals surface area contributed by atoms with Gasteiger partial charge in [-0.1, -0.05) is 18.5 Å². The largest absolute Gasteiger partial charge is 0.380 e. The van der Waals surface area contributed by atoms with E-state index in [0.717, 1.165) is 18.7 Å². The first kappa shape index (κ1) is 14.1. The van der Waals surface area contributed by atoms with Gasteiger partial charge in [-0.05, 0) is 20.3 Å². The van der Waals surface area contributed by atoms with Gasteiger partial charge >= 0.3 is 0 Å². The number of aliphatic hydroxyl groups excluding tert-OH is 1. The molecule has 0 aliphatic rings. The van der Waals surface area contributed by atoms with Gasteiger partial charge in [-0.2, -0.15) is 5.10 Å². The molecule has 0 saturated carbocycles. The summed E-state index contributed by atoms with van der Waals surface area (Å²) in [5.41, 5.74) is 1.36. The van der Waals surface area contributed by atoms with Crippen molar-refractivity contribution in [1.29, 1.82) is 0 Å². The summed E-state index contributed by atoms with van der Waals surface area (Å²) in [6, 6.07) is 0.139. The van der Waals surface area contributed by atoms with Crippen LogP contribution in [0.15, 0.2) is 18.7 Å². The fourth-order valence-corrected chi connectivity index (χ4v) is 2.38. The number of aliphatic hydroxyl groups is 1. The minimum atomic E-state index is -0.813. The van der Waals surface area contributed by atoms with E-state index >= 15 is 0 Å². The Kier molecular flexibility index (Phi) is 4.27. The van der Waals surface area contributed by atoms with E-state index in [9.17, 15) is 5.11 Å². The molecule has 0 saturated heterocycles. The van der Waals surface area contributed by atoms with Gasteiger partial charge < -0.3 is 9.67 Å². The van der Waals surface area contributed by atoms with Crippen molar-refractivity contribution in [2.75, 3.05) is 0 Å². The fourth-order valence-electron chi connectivity index (χ4n) is 2.14. The zero-order valence-electron chi connectivity index (χ0n) is 11.4. The first-order valence-electron chi connectivity index (χ1n) is 6.47. The average Bonchev–Trinajstić information content (AvgIpc) is 2.95. The first-order chi connectivity index (χ1) is 9.06. The summed E-state index contributed by atoms with van der Waals surface area (Å²) in [6.45, 7) is 6.91. The standard InChI is InChI=1S/C13H19ClN4O/c1-4-5-17-8-15-7-11(17)13(19)12-10(14)6-16-18(12)9(2)3/h6-9,13,19H,4-5H2,1-3H3. The second kappa shape index (κ2) is 5.75. The van der Waals surface area contributed by atoms with Gasteiger partial charge in [0.2, 0.25) is 0 Å². The Hall–Kier alpha value is -1.33. The van der Waals surface area contributed by atoms with Crippen molar-refractivity contribution in [3.8, 4) is 0 Å². The van der Waals surface area contributed by atoms with Gasteiger partial charge in [0.25, 0.3) is 0 Å². The van der Waals surface area contributed by atoms with E-state index in [1.807, 2.05) is 18.4 Å². The highest BCUT2D eigenvalue weighted by Gasteiger charge is 2.23. The van der Waals surface area contributed by atoms with E-state index in [0.29, 0.717) is 10.7 Å². The third-order valence-corrected chi connectivity index (χ3v) is 3.32. The van der Waals surface area contributed by atoms with Crippen molar-refractivity contribution in [2.45, 2.75) is 45.9 Å². The predicted molar refractivity (Wildman–Crippen MR) is 74.2 cm³/mol. The monoisotopic (exact) mass is 282 g/mol. The highest BCUT2D eigenvalue weighted by molar-refractivity contribution is 6.31. The number of imidazole rings is 1. The maximum Gasteiger partial charge on any atom is 0.139 e. The van der Waals surface area contributed by atoms with Crippen molar-refractivity contribution in [3.63, 3.8) is 0 Å². The lowest BCUT2D eigenvalue weighted by atomic mass is 10.2. The van der Waals surface area contributed by atoms with Gasteiger partial charge in [0.05, 0.1) is 35.1 Å². The fraction of sp³-hybridized carbons (Fsp3) is 0.538. The van der Waals surface area contributed by atoms with E-state index < -0.39 is 6.10 Å². The Morgan fingerprint density at radius 3 is 2.74 bits per heavy atom. The number of halogens is 1. The normalized spacial score (nSPS) is 13.2. The summed E-state index contributed by atoms with van der Waals surface area (Å²) in [5, 5.41) is 15.3. The molecule has 1 N–H and O–H groups in total. The Bertz CT molecular complexity index is 547. The molecule has 104 valence electrons. The van der Waals surface area contributed by atoms with Crippen molar-refractivity contribution in [3.05, 3.63) is 35.1 Å². The second-order valence-corrected chi connectivity index (χ2v) is 5.24. The minimum Gasteiger partial charge on any atom is -0.380 e. The summed E-state index contributed by atoms with van der Waals surface area (Å²) >= 11 is 6.16. The van der Waals surface area contributed by atoms with E-state index in [1.54, 1.807) is 23.4 Å². The molecule has 6 heteroatoms. The van der Waals surface area contributed by atoms with E-state index in [-0.39, 0.29) is 6.04 Å². The molecule has 1 atom stereocenters. The summed E-state index contributed by atoms with van der Waals surface area (Å²) < 4.78 is 3.69. The van der Waals surface area contributed by atoms with Crippen molar-refractivity contribution in [1.82, 2.24) is 19.3 Å². The van der Waals surface area contributed by atoms with E-state index in [4.69, 9.17) is 11.6 Å². The van der Waals surface area contributed by atoms with Crippen LogP contribution >= 0.6 is 11.6 Å². The van der Waals surface area contributed by atoms with Crippen LogP contribution < -0.4 is 0 Å². The Balaban J connectivity index is 2.41. The van der Waals surface area contributed by atoms with E-state index in [1.165, 1.54) is 0 Å². The molecule has 0 aromatic carbocycles. The average molecular weight is 283 g/mol. The van der Waals surface area contributed by atoms with Crippen LogP contribution in [-0.2, 0) is 6.54 Å². The molecule has 5 nitrogen and oxygen atoms in total. The molecular formula is C13H19ClN4O. The van der Waals surface area contributed by atoms with Crippen molar-refractivity contribution >= 4 is 11.6 Å². The van der Waals surface area contributed by atoms with E-state index in [2.05, 4.69) is 17.0 Å². The number of hydrogen-bond donors (Lipinski definition) is 1. The zero-order valence-corrected chi connectivity index (χ0v) is 12.2. The van der Waals surface area contributed by atoms with Crippen molar-refractivity contribution in [2.24, 2.45) is 0 Å². The number of aryl methyl sites for hydroxylation is 1. The third-order valence-electron chi connectivity index (χ3n) is 3.02. The van der Waals surface area contributed by atoms with Crippen LogP contribution in [0.2, 0.25) is 5.02 Å². The van der Waals surface area contributed by atoms with Crippen LogP contribution in [0.3, 0.4) is 0 Å². The van der Waals surface area contributed by atoms with Gasteiger partial charge in [0.1, 0.15) is 6.10 Å². The summed E-state index contributed by atoms with van der Waals surface area (Å²) in [7, 11) is 0. The van der Waals surface area contributed by atoms with Crippen LogP contribution in [-0.4, -0.2) is 24.4 Å². The maximum atomic E-state index is 10.6. The SMILES string of the molecule is CCCn1cncc1C(O)c1c(Cl)cnn1C(C)C. The van der Waals surface area contributed by atoms with Crippen LogP contribution in [0.25, 0.3) is 0 Å². The third kappa shape index (κ3) is 2.67. The molecule has 0 spiro atoms. The number of rotatable bonds is 5. The molecule has 0 bridgehead atoms. The first-order valence-corrected chi connectivity index (χ1v) is 6.85. The summed E-state index contributed by atoms with van der Waals surface area (Å²) in [6.07, 6.45) is 5.14. The Morgan fingerprint density at radius 1 is 1.37 bits per heavy atom. The zero-order chi connectivity index (χ0) is 14.0. The van der Waals surface area contributed by atoms with Crippen LogP contribution in [0.4, 0.5) is 0 Å². The lowest BCUT2D eigenvalue weighted by molar-refractivity contribution is 0.195. The van der Waals surface area contributed by atoms with Crippen LogP contribution in [0, 0.1) is 0 Å². The molecule has 0 aliphatic heterocycles. The molecule has 19 heavy (non-hydrogen) atoms. The van der Waals surface area contributed by atoms with Crippen LogP contribution in [0.5, 0.6) is 0 Å². The summed E-state index contributed by atoms with van der Waals surface area (Å²) in [5.74, 6) is 0. The lowest BCUT2D eigenvalue weighted by Crippen LogP contribution is -2.15. The minimum absolute atomic E-state index is 0.139. The maximum absolute atomic E-state index is 10.6. The molecule has 0 radical (unpaired) electrons. The van der Waals surface area contributed by atoms with Gasteiger partial charge in [-0.25, -0.2) is 4.98 Å². The molecular weight excluding hydrogens is 264 g/mol. The molecule has 2 aromatic heterocycles. The quantitative estimate of drug-likeness (QED) is 0.917. The number of nitrogens with zero attached hydrogens (tertiary/aromatic N) is 4. The van der Waals surface area contributed by atoms with Crippen LogP contribution in [0.1, 0.15) is 50.7 Å². The Labute approximate surface area is 117 Å². The topological polar surface area (TPSA) is 55.9 Å².